The Kier molecular flexibility index (Phi) is 4.84. The van der Waals surface area contributed by atoms with Crippen LogP contribution < -0.4 is 5.32 Å². The second kappa shape index (κ2) is 6.66. The monoisotopic (exact) mass is 218 g/mol. The summed E-state index contributed by atoms with van der Waals surface area (Å²) in [6, 6.07) is 11.2. The lowest BCUT2D eigenvalue weighted by Gasteiger charge is -2.21. The van der Waals surface area contributed by atoms with Crippen LogP contribution in [0.4, 0.5) is 0 Å². The molecule has 1 fully saturated rings. The molecule has 0 N–H and O–H groups in total. The van der Waals surface area contributed by atoms with Gasteiger partial charge >= 0.3 is 0 Å². The lowest BCUT2D eigenvalue weighted by molar-refractivity contribution is 0.0710. The Bertz CT molecular complexity index is 280. The van der Waals surface area contributed by atoms with Crippen molar-refractivity contribution in [1.82, 2.24) is 5.32 Å². The summed E-state index contributed by atoms with van der Waals surface area (Å²) in [5, 5.41) is 4.55. The summed E-state index contributed by atoms with van der Waals surface area (Å²) in [4.78, 5) is 0. The topological polar surface area (TPSA) is 23.3 Å². The van der Waals surface area contributed by atoms with Gasteiger partial charge < -0.3 is 4.74 Å². The molecule has 1 aromatic rings. The maximum Gasteiger partial charge on any atom is 0.0636 e. The molecule has 1 radical (unpaired) electrons. The van der Waals surface area contributed by atoms with E-state index in [0.717, 1.165) is 19.8 Å². The predicted molar refractivity (Wildman–Crippen MR) is 65.6 cm³/mol. The number of ether oxygens (including phenoxy) is 1. The van der Waals surface area contributed by atoms with Crippen LogP contribution in [0, 0.1) is 0 Å². The molecule has 1 unspecified atom stereocenters. The minimum atomic E-state index is 0.463. The van der Waals surface area contributed by atoms with Crippen molar-refractivity contribution in [2.45, 2.75) is 31.7 Å². The van der Waals surface area contributed by atoms with E-state index in [2.05, 4.69) is 35.6 Å². The van der Waals surface area contributed by atoms with Crippen molar-refractivity contribution in [2.75, 3.05) is 19.8 Å². The average molecular weight is 218 g/mol. The van der Waals surface area contributed by atoms with Crippen LogP contribution in [0.25, 0.3) is 0 Å². The molecule has 0 aliphatic carbocycles. The van der Waals surface area contributed by atoms with Gasteiger partial charge in [-0.2, -0.15) is 0 Å². The van der Waals surface area contributed by atoms with Gasteiger partial charge in [-0.15, -0.1) is 0 Å². The first-order valence-electron chi connectivity index (χ1n) is 6.23. The van der Waals surface area contributed by atoms with Crippen molar-refractivity contribution in [3.05, 3.63) is 35.9 Å². The van der Waals surface area contributed by atoms with Gasteiger partial charge in [-0.05, 0) is 24.8 Å². The van der Waals surface area contributed by atoms with Gasteiger partial charge in [0.15, 0.2) is 0 Å². The highest BCUT2D eigenvalue weighted by atomic mass is 16.5. The van der Waals surface area contributed by atoms with Gasteiger partial charge in [-0.1, -0.05) is 36.8 Å². The Balaban J connectivity index is 1.58. The van der Waals surface area contributed by atoms with Crippen molar-refractivity contribution in [2.24, 2.45) is 0 Å². The Morgan fingerprint density at radius 3 is 2.81 bits per heavy atom. The number of morpholine rings is 1. The SMILES string of the molecule is c1ccc(CCCCC2COCC[N]2)cc1. The van der Waals surface area contributed by atoms with Crippen LogP contribution in [0.15, 0.2) is 30.3 Å². The first-order valence-corrected chi connectivity index (χ1v) is 6.23. The Hall–Kier alpha value is -0.860. The molecule has 0 spiro atoms. The van der Waals surface area contributed by atoms with Crippen molar-refractivity contribution in [3.63, 3.8) is 0 Å². The lowest BCUT2D eigenvalue weighted by atomic mass is 10.0. The highest BCUT2D eigenvalue weighted by Crippen LogP contribution is 2.09. The van der Waals surface area contributed by atoms with Crippen molar-refractivity contribution in [3.8, 4) is 0 Å². The predicted octanol–water partition coefficient (Wildman–Crippen LogP) is 2.40. The summed E-state index contributed by atoms with van der Waals surface area (Å²) in [6.45, 7) is 2.55. The summed E-state index contributed by atoms with van der Waals surface area (Å²) in [7, 11) is 0. The van der Waals surface area contributed by atoms with Crippen LogP contribution in [0.2, 0.25) is 0 Å². The fourth-order valence-electron chi connectivity index (χ4n) is 2.10. The van der Waals surface area contributed by atoms with Gasteiger partial charge in [0, 0.05) is 12.6 Å². The van der Waals surface area contributed by atoms with E-state index in [1.807, 2.05) is 0 Å². The summed E-state index contributed by atoms with van der Waals surface area (Å²) in [5.41, 5.74) is 1.44. The van der Waals surface area contributed by atoms with Gasteiger partial charge in [0.2, 0.25) is 0 Å². The summed E-state index contributed by atoms with van der Waals surface area (Å²) < 4.78 is 5.40. The molecule has 2 nitrogen and oxygen atoms in total. The van der Waals surface area contributed by atoms with Gasteiger partial charge in [0.1, 0.15) is 0 Å². The summed E-state index contributed by atoms with van der Waals surface area (Å²) in [5.74, 6) is 0. The van der Waals surface area contributed by atoms with Gasteiger partial charge in [-0.3, -0.25) is 0 Å². The number of hydrogen-bond donors (Lipinski definition) is 0. The third-order valence-corrected chi connectivity index (χ3v) is 3.03. The molecule has 1 aromatic carbocycles. The number of nitrogens with zero attached hydrogens (tertiary/aromatic N) is 1. The van der Waals surface area contributed by atoms with Gasteiger partial charge in [0.05, 0.1) is 13.2 Å². The number of hydrogen-bond acceptors (Lipinski definition) is 1. The second-order valence-corrected chi connectivity index (χ2v) is 4.37. The number of rotatable bonds is 5. The van der Waals surface area contributed by atoms with Crippen LogP contribution in [0.5, 0.6) is 0 Å². The molecule has 87 valence electrons. The minimum Gasteiger partial charge on any atom is -0.378 e. The Labute approximate surface area is 98.0 Å². The molecule has 2 heteroatoms. The molecule has 1 aliphatic heterocycles. The third kappa shape index (κ3) is 3.95. The molecule has 0 saturated carbocycles. The maximum atomic E-state index is 5.40. The lowest BCUT2D eigenvalue weighted by Crippen LogP contribution is -2.35. The van der Waals surface area contributed by atoms with Crippen LogP contribution in [0.1, 0.15) is 24.8 Å². The first-order chi connectivity index (χ1) is 7.95. The minimum absolute atomic E-state index is 0.463. The molecule has 0 aromatic heterocycles. The largest absolute Gasteiger partial charge is 0.378 e. The van der Waals surface area contributed by atoms with E-state index in [1.54, 1.807) is 0 Å². The van der Waals surface area contributed by atoms with Crippen molar-refractivity contribution >= 4 is 0 Å². The van der Waals surface area contributed by atoms with E-state index >= 15 is 0 Å². The fraction of sp³-hybridized carbons (Fsp3) is 0.571. The smallest absolute Gasteiger partial charge is 0.0636 e. The maximum absolute atomic E-state index is 5.40. The first kappa shape index (κ1) is 11.6. The fourth-order valence-corrected chi connectivity index (χ4v) is 2.10. The number of benzene rings is 1. The number of unbranched alkanes of at least 4 members (excludes halogenated alkanes) is 1. The Morgan fingerprint density at radius 1 is 1.19 bits per heavy atom. The van der Waals surface area contributed by atoms with E-state index in [9.17, 15) is 0 Å². The van der Waals surface area contributed by atoms with Gasteiger partial charge in [0.25, 0.3) is 0 Å². The van der Waals surface area contributed by atoms with E-state index in [-0.39, 0.29) is 0 Å². The molecule has 0 amide bonds. The average Bonchev–Trinajstić information content (AvgIpc) is 2.37. The quantitative estimate of drug-likeness (QED) is 0.696. The molecule has 0 bridgehead atoms. The highest BCUT2D eigenvalue weighted by Gasteiger charge is 2.13. The standard InChI is InChI=1S/C14H20NO/c1-2-6-13(7-3-1)8-4-5-9-14-12-16-11-10-15-14/h1-3,6-7,14H,4-5,8-12H2. The molecular formula is C14H20NO. The third-order valence-electron chi connectivity index (χ3n) is 3.03. The zero-order chi connectivity index (χ0) is 11.1. The number of aryl methyl sites for hydroxylation is 1. The van der Waals surface area contributed by atoms with Crippen molar-refractivity contribution < 1.29 is 4.74 Å². The summed E-state index contributed by atoms with van der Waals surface area (Å²) >= 11 is 0. The van der Waals surface area contributed by atoms with E-state index in [0.29, 0.717) is 6.04 Å². The Morgan fingerprint density at radius 2 is 2.06 bits per heavy atom. The molecule has 1 aliphatic rings. The molecule has 16 heavy (non-hydrogen) atoms. The summed E-state index contributed by atoms with van der Waals surface area (Å²) in [6.07, 6.45) is 4.89. The van der Waals surface area contributed by atoms with E-state index in [4.69, 9.17) is 4.74 Å². The van der Waals surface area contributed by atoms with Crippen molar-refractivity contribution in [1.29, 1.82) is 0 Å². The molecule has 1 saturated heterocycles. The normalized spacial score (nSPS) is 20.9. The highest BCUT2D eigenvalue weighted by molar-refractivity contribution is 5.14. The van der Waals surface area contributed by atoms with E-state index in [1.165, 1.54) is 31.2 Å². The van der Waals surface area contributed by atoms with Crippen LogP contribution >= 0.6 is 0 Å². The zero-order valence-electron chi connectivity index (χ0n) is 9.77. The van der Waals surface area contributed by atoms with E-state index < -0.39 is 0 Å². The van der Waals surface area contributed by atoms with Crippen LogP contribution in [-0.2, 0) is 11.2 Å². The molecule has 1 atom stereocenters. The van der Waals surface area contributed by atoms with Gasteiger partial charge in [-0.25, -0.2) is 5.32 Å². The second-order valence-electron chi connectivity index (χ2n) is 4.37. The zero-order valence-corrected chi connectivity index (χ0v) is 9.77. The molecule has 1 heterocycles. The molecular weight excluding hydrogens is 198 g/mol. The van der Waals surface area contributed by atoms with Crippen LogP contribution in [0.3, 0.4) is 0 Å². The molecule has 2 rings (SSSR count). The van der Waals surface area contributed by atoms with Crippen LogP contribution in [-0.4, -0.2) is 25.8 Å².